The molecule has 1 spiro atoms. The van der Waals surface area contributed by atoms with Crippen LogP contribution in [0.5, 0.6) is 0 Å². The zero-order valence-corrected chi connectivity index (χ0v) is 16.7. The second kappa shape index (κ2) is 7.28. The summed E-state index contributed by atoms with van der Waals surface area (Å²) < 4.78 is 0. The van der Waals surface area contributed by atoms with Crippen LogP contribution < -0.4 is 5.32 Å². The van der Waals surface area contributed by atoms with Gasteiger partial charge in [-0.05, 0) is 51.0 Å². The zero-order valence-electron chi connectivity index (χ0n) is 16.7. The van der Waals surface area contributed by atoms with Gasteiger partial charge in [0.2, 0.25) is 5.96 Å². The van der Waals surface area contributed by atoms with Gasteiger partial charge in [0.05, 0.1) is 0 Å². The lowest BCUT2D eigenvalue weighted by molar-refractivity contribution is -0.125. The highest BCUT2D eigenvalue weighted by Gasteiger charge is 2.46. The van der Waals surface area contributed by atoms with Crippen LogP contribution in [0, 0.1) is 11.8 Å². The summed E-state index contributed by atoms with van der Waals surface area (Å²) in [7, 11) is 3.68. The Hall–Kier alpha value is -2.85. The van der Waals surface area contributed by atoms with Crippen LogP contribution in [0.1, 0.15) is 42.6 Å². The molecule has 0 aliphatic carbocycles. The van der Waals surface area contributed by atoms with Crippen molar-refractivity contribution in [2.75, 3.05) is 27.2 Å². The van der Waals surface area contributed by atoms with Crippen LogP contribution in [0.25, 0.3) is 0 Å². The third-order valence-corrected chi connectivity index (χ3v) is 4.91. The lowest BCUT2D eigenvalue weighted by atomic mass is 9.87. The number of piperidine rings is 1. The maximum atomic E-state index is 12.8. The molecule has 0 aromatic heterocycles. The Labute approximate surface area is 165 Å². The van der Waals surface area contributed by atoms with Crippen molar-refractivity contribution in [3.05, 3.63) is 35.4 Å². The van der Waals surface area contributed by atoms with Crippen molar-refractivity contribution in [2.45, 2.75) is 37.8 Å². The largest absolute Gasteiger partial charge is 0.378 e. The lowest BCUT2D eigenvalue weighted by Crippen LogP contribution is -2.50. The molecule has 0 bridgehead atoms. The summed E-state index contributed by atoms with van der Waals surface area (Å²) in [5, 5.41) is 12.5. The number of likely N-dealkylation sites (tertiary alicyclic amines) is 1. The second-order valence-corrected chi connectivity index (χ2v) is 7.99. The van der Waals surface area contributed by atoms with E-state index in [-0.39, 0.29) is 11.8 Å². The van der Waals surface area contributed by atoms with E-state index in [1.165, 1.54) is 0 Å². The molecule has 0 atom stereocenters. The van der Waals surface area contributed by atoms with E-state index in [1.54, 1.807) is 47.9 Å². The highest BCUT2D eigenvalue weighted by Crippen LogP contribution is 2.30. The average Bonchev–Trinajstić information content (AvgIpc) is 2.96. The Kier molecular flexibility index (Phi) is 5.18. The fourth-order valence-corrected chi connectivity index (χ4v) is 3.23. The van der Waals surface area contributed by atoms with Crippen molar-refractivity contribution in [3.63, 3.8) is 0 Å². The molecule has 2 aliphatic heterocycles. The SMILES string of the molecule is CN(C)C1=NC2(CCN(C(=O)c3ccc(C#CC(C)(C)O)cc3)CC2)C(=O)N1. The monoisotopic (exact) mass is 382 g/mol. The molecule has 1 fully saturated rings. The molecule has 7 heteroatoms. The summed E-state index contributed by atoms with van der Waals surface area (Å²) in [4.78, 5) is 33.3. The highest BCUT2D eigenvalue weighted by atomic mass is 16.3. The van der Waals surface area contributed by atoms with Crippen LogP contribution in [-0.4, -0.2) is 71.0 Å². The minimum Gasteiger partial charge on any atom is -0.378 e. The number of aliphatic imine (C=N–C) groups is 1. The summed E-state index contributed by atoms with van der Waals surface area (Å²) in [5.74, 6) is 6.07. The molecule has 2 amide bonds. The summed E-state index contributed by atoms with van der Waals surface area (Å²) in [6.45, 7) is 4.21. The van der Waals surface area contributed by atoms with Gasteiger partial charge in [0.15, 0.2) is 0 Å². The van der Waals surface area contributed by atoms with Gasteiger partial charge in [-0.15, -0.1) is 0 Å². The number of amides is 2. The number of benzene rings is 1. The maximum Gasteiger partial charge on any atom is 0.254 e. The Morgan fingerprint density at radius 2 is 1.86 bits per heavy atom. The molecule has 1 saturated heterocycles. The van der Waals surface area contributed by atoms with Gasteiger partial charge in [-0.3, -0.25) is 14.9 Å². The van der Waals surface area contributed by atoms with E-state index in [0.717, 1.165) is 5.56 Å². The van der Waals surface area contributed by atoms with Crippen molar-refractivity contribution >= 4 is 17.8 Å². The Morgan fingerprint density at radius 3 is 2.36 bits per heavy atom. The molecule has 0 unspecified atom stereocenters. The van der Waals surface area contributed by atoms with E-state index >= 15 is 0 Å². The third kappa shape index (κ3) is 4.18. The van der Waals surface area contributed by atoms with E-state index in [4.69, 9.17) is 0 Å². The fraction of sp³-hybridized carbons (Fsp3) is 0.476. The van der Waals surface area contributed by atoms with Crippen molar-refractivity contribution in [1.29, 1.82) is 0 Å². The predicted octanol–water partition coefficient (Wildman–Crippen LogP) is 0.831. The molecule has 3 rings (SSSR count). The molecule has 1 aromatic carbocycles. The minimum atomic E-state index is -1.06. The van der Waals surface area contributed by atoms with Gasteiger partial charge in [-0.2, -0.15) is 0 Å². The molecule has 1 aromatic rings. The summed E-state index contributed by atoms with van der Waals surface area (Å²) in [6.07, 6.45) is 1.02. The standard InChI is InChI=1S/C21H26N4O3/c1-20(2,28)10-9-15-5-7-16(8-6-15)17(26)25-13-11-21(12-14-25)18(27)22-19(23-21)24(3)4/h5-8,28H,11-14H2,1-4H3,(H,22,23,27). The van der Waals surface area contributed by atoms with Crippen molar-refractivity contribution < 1.29 is 14.7 Å². The number of hydrogen-bond donors (Lipinski definition) is 2. The Morgan fingerprint density at radius 1 is 1.25 bits per heavy atom. The molecule has 0 radical (unpaired) electrons. The first kappa shape index (κ1) is 19.9. The molecule has 28 heavy (non-hydrogen) atoms. The molecule has 148 valence electrons. The summed E-state index contributed by atoms with van der Waals surface area (Å²) in [6, 6.07) is 7.03. The van der Waals surface area contributed by atoms with Crippen LogP contribution in [0.2, 0.25) is 0 Å². The number of guanidine groups is 1. The summed E-state index contributed by atoms with van der Waals surface area (Å²) >= 11 is 0. The first-order valence-corrected chi connectivity index (χ1v) is 9.33. The van der Waals surface area contributed by atoms with Gasteiger partial charge in [-0.25, -0.2) is 4.99 Å². The number of aliphatic hydroxyl groups is 1. The third-order valence-electron chi connectivity index (χ3n) is 4.91. The molecule has 0 saturated carbocycles. The number of nitrogens with one attached hydrogen (secondary N) is 1. The van der Waals surface area contributed by atoms with E-state index in [0.29, 0.717) is 37.5 Å². The number of rotatable bonds is 1. The normalized spacial score (nSPS) is 18.2. The van der Waals surface area contributed by atoms with Crippen LogP contribution in [0.15, 0.2) is 29.3 Å². The van der Waals surface area contributed by atoms with E-state index < -0.39 is 11.1 Å². The van der Waals surface area contributed by atoms with Crippen LogP contribution in [0.4, 0.5) is 0 Å². The van der Waals surface area contributed by atoms with Gasteiger partial charge in [0.25, 0.3) is 11.8 Å². The van der Waals surface area contributed by atoms with E-state index in [1.807, 2.05) is 14.1 Å². The topological polar surface area (TPSA) is 85.2 Å². The molecular weight excluding hydrogens is 356 g/mol. The zero-order chi connectivity index (χ0) is 20.5. The number of nitrogens with zero attached hydrogens (tertiary/aromatic N) is 3. The first-order valence-electron chi connectivity index (χ1n) is 9.33. The number of carbonyl (C=O) groups excluding carboxylic acids is 2. The Balaban J connectivity index is 1.66. The fourth-order valence-electron chi connectivity index (χ4n) is 3.23. The first-order chi connectivity index (χ1) is 13.1. The highest BCUT2D eigenvalue weighted by molar-refractivity contribution is 6.07. The molecule has 2 N–H and O–H groups in total. The molecule has 2 aliphatic rings. The van der Waals surface area contributed by atoms with E-state index in [9.17, 15) is 14.7 Å². The smallest absolute Gasteiger partial charge is 0.254 e. The summed E-state index contributed by atoms with van der Waals surface area (Å²) in [5.41, 5.74) is -0.491. The Bertz CT molecular complexity index is 862. The van der Waals surface area contributed by atoms with Gasteiger partial charge in [0, 0.05) is 38.3 Å². The van der Waals surface area contributed by atoms with Gasteiger partial charge in [-0.1, -0.05) is 11.8 Å². The second-order valence-electron chi connectivity index (χ2n) is 7.99. The van der Waals surface area contributed by atoms with Gasteiger partial charge >= 0.3 is 0 Å². The minimum absolute atomic E-state index is 0.0629. The molecule has 2 heterocycles. The predicted molar refractivity (Wildman–Crippen MR) is 107 cm³/mol. The van der Waals surface area contributed by atoms with Crippen LogP contribution in [-0.2, 0) is 4.79 Å². The van der Waals surface area contributed by atoms with E-state index in [2.05, 4.69) is 22.2 Å². The van der Waals surface area contributed by atoms with Gasteiger partial charge < -0.3 is 14.9 Å². The molecular formula is C21H26N4O3. The van der Waals surface area contributed by atoms with Crippen molar-refractivity contribution in [1.82, 2.24) is 15.1 Å². The molecule has 7 nitrogen and oxygen atoms in total. The lowest BCUT2D eigenvalue weighted by Gasteiger charge is -2.35. The van der Waals surface area contributed by atoms with Crippen molar-refractivity contribution in [2.24, 2.45) is 4.99 Å². The maximum absolute atomic E-state index is 12.8. The van der Waals surface area contributed by atoms with Crippen LogP contribution >= 0.6 is 0 Å². The number of carbonyl (C=O) groups is 2. The van der Waals surface area contributed by atoms with Gasteiger partial charge in [0.1, 0.15) is 11.1 Å². The van der Waals surface area contributed by atoms with Crippen molar-refractivity contribution in [3.8, 4) is 11.8 Å². The van der Waals surface area contributed by atoms with Crippen LogP contribution in [0.3, 0.4) is 0 Å². The average molecular weight is 382 g/mol. The quantitative estimate of drug-likeness (QED) is 0.705. The number of hydrogen-bond acceptors (Lipinski definition) is 5.